The van der Waals surface area contributed by atoms with Crippen LogP contribution < -0.4 is 4.74 Å². The molecule has 1 saturated heterocycles. The number of carbonyl (C=O) groups excluding carboxylic acids is 1. The molecule has 2 aromatic carbocycles. The number of hydrogen-bond donors (Lipinski definition) is 1. The van der Waals surface area contributed by atoms with Crippen molar-refractivity contribution in [1.29, 1.82) is 0 Å². The first-order valence-electron chi connectivity index (χ1n) is 9.01. The summed E-state index contributed by atoms with van der Waals surface area (Å²) in [5, 5.41) is 9.30. The van der Waals surface area contributed by atoms with E-state index in [4.69, 9.17) is 4.74 Å². The zero-order valence-electron chi connectivity index (χ0n) is 15.4. The van der Waals surface area contributed by atoms with Gasteiger partial charge < -0.3 is 14.7 Å². The van der Waals surface area contributed by atoms with E-state index in [0.29, 0.717) is 25.4 Å². The average Bonchev–Trinajstić information content (AvgIpc) is 2.68. The third-order valence-electron chi connectivity index (χ3n) is 4.81. The molecule has 0 bridgehead atoms. The van der Waals surface area contributed by atoms with Crippen LogP contribution in [0.1, 0.15) is 21.5 Å². The highest BCUT2D eigenvalue weighted by atomic mass is 16.5. The summed E-state index contributed by atoms with van der Waals surface area (Å²) in [5.41, 5.74) is 2.23. The fourth-order valence-electron chi connectivity index (χ4n) is 3.32. The van der Waals surface area contributed by atoms with Crippen molar-refractivity contribution in [2.24, 2.45) is 0 Å². The molecule has 0 atom stereocenters. The van der Waals surface area contributed by atoms with Gasteiger partial charge in [-0.1, -0.05) is 36.4 Å². The summed E-state index contributed by atoms with van der Waals surface area (Å²) in [7, 11) is 1.45. The Labute approximate surface area is 159 Å². The lowest BCUT2D eigenvalue weighted by Gasteiger charge is -2.34. The first-order chi connectivity index (χ1) is 13.1. The largest absolute Gasteiger partial charge is 0.496 e. The summed E-state index contributed by atoms with van der Waals surface area (Å²) in [4.78, 5) is 27.8. The normalized spacial score (nSPS) is 15.0. The molecule has 6 nitrogen and oxygen atoms in total. The second-order valence-corrected chi connectivity index (χ2v) is 6.67. The molecule has 142 valence electrons. The minimum atomic E-state index is -1.02. The van der Waals surface area contributed by atoms with E-state index >= 15 is 0 Å². The number of carbonyl (C=O) groups is 2. The summed E-state index contributed by atoms with van der Waals surface area (Å²) in [6, 6.07) is 15.3. The van der Waals surface area contributed by atoms with E-state index < -0.39 is 5.97 Å². The molecule has 0 aromatic heterocycles. The van der Waals surface area contributed by atoms with Crippen LogP contribution in [0.15, 0.2) is 48.5 Å². The van der Waals surface area contributed by atoms with Gasteiger partial charge in [0.1, 0.15) is 11.3 Å². The van der Waals surface area contributed by atoms with E-state index in [-0.39, 0.29) is 11.5 Å². The number of benzene rings is 2. The maximum atomic E-state index is 12.5. The Kier molecular flexibility index (Phi) is 6.08. The Bertz CT molecular complexity index is 807. The van der Waals surface area contributed by atoms with Gasteiger partial charge in [0.2, 0.25) is 5.91 Å². The third kappa shape index (κ3) is 4.86. The van der Waals surface area contributed by atoms with E-state index in [1.807, 2.05) is 29.2 Å². The molecule has 0 spiro atoms. The smallest absolute Gasteiger partial charge is 0.339 e. The van der Waals surface area contributed by atoms with Crippen LogP contribution in [0.5, 0.6) is 5.75 Å². The van der Waals surface area contributed by atoms with Crippen molar-refractivity contribution in [3.8, 4) is 5.75 Å². The van der Waals surface area contributed by atoms with Crippen LogP contribution in [0.25, 0.3) is 0 Å². The van der Waals surface area contributed by atoms with Crippen molar-refractivity contribution in [3.05, 3.63) is 65.2 Å². The molecule has 27 heavy (non-hydrogen) atoms. The second kappa shape index (κ2) is 8.68. The number of carboxylic acid groups (broad SMARTS) is 1. The van der Waals surface area contributed by atoms with E-state index in [9.17, 15) is 14.7 Å². The zero-order valence-corrected chi connectivity index (χ0v) is 15.4. The summed E-state index contributed by atoms with van der Waals surface area (Å²) in [5.74, 6) is -0.562. The molecule has 0 aliphatic carbocycles. The van der Waals surface area contributed by atoms with Crippen LogP contribution in [0.2, 0.25) is 0 Å². The van der Waals surface area contributed by atoms with Gasteiger partial charge in [-0.3, -0.25) is 9.69 Å². The number of rotatable bonds is 7. The minimum absolute atomic E-state index is 0.115. The predicted octanol–water partition coefficient (Wildman–Crippen LogP) is 2.28. The number of piperazine rings is 1. The molecule has 0 saturated carbocycles. The molecule has 1 fully saturated rings. The van der Waals surface area contributed by atoms with Crippen LogP contribution in [0, 0.1) is 0 Å². The highest BCUT2D eigenvalue weighted by Gasteiger charge is 2.24. The SMILES string of the molecule is COc1ccc(CN2CCN(CCc3ccccc3)C(=O)C2)cc1C(=O)O. The molecule has 1 aliphatic rings. The van der Waals surface area contributed by atoms with Gasteiger partial charge in [0, 0.05) is 26.2 Å². The Morgan fingerprint density at radius 3 is 2.56 bits per heavy atom. The number of hydrogen-bond acceptors (Lipinski definition) is 4. The summed E-state index contributed by atoms with van der Waals surface area (Å²) in [6.45, 7) is 3.08. The fourth-order valence-corrected chi connectivity index (χ4v) is 3.32. The first-order valence-corrected chi connectivity index (χ1v) is 9.01. The standard InChI is InChI=1S/C21H24N2O4/c1-27-19-8-7-17(13-18(19)21(25)26)14-22-11-12-23(20(24)15-22)10-9-16-5-3-2-4-6-16/h2-8,13H,9-12,14-15H2,1H3,(H,25,26). The topological polar surface area (TPSA) is 70.1 Å². The Morgan fingerprint density at radius 1 is 1.11 bits per heavy atom. The van der Waals surface area contributed by atoms with Gasteiger partial charge in [-0.2, -0.15) is 0 Å². The van der Waals surface area contributed by atoms with Crippen molar-refractivity contribution in [2.45, 2.75) is 13.0 Å². The summed E-state index contributed by atoms with van der Waals surface area (Å²) < 4.78 is 5.09. The highest BCUT2D eigenvalue weighted by molar-refractivity contribution is 5.91. The molecule has 6 heteroatoms. The second-order valence-electron chi connectivity index (χ2n) is 6.67. The monoisotopic (exact) mass is 368 g/mol. The van der Waals surface area contributed by atoms with E-state index in [1.165, 1.54) is 12.7 Å². The number of methoxy groups -OCH3 is 1. The Morgan fingerprint density at radius 2 is 1.89 bits per heavy atom. The maximum absolute atomic E-state index is 12.5. The molecule has 1 amide bonds. The van der Waals surface area contributed by atoms with Gasteiger partial charge in [0.25, 0.3) is 0 Å². The number of nitrogens with zero attached hydrogens (tertiary/aromatic N) is 2. The lowest BCUT2D eigenvalue weighted by molar-refractivity contribution is -0.136. The van der Waals surface area contributed by atoms with Gasteiger partial charge in [-0.05, 0) is 29.7 Å². The first kappa shape index (κ1) is 18.9. The quantitative estimate of drug-likeness (QED) is 0.812. The highest BCUT2D eigenvalue weighted by Crippen LogP contribution is 2.21. The number of carboxylic acids is 1. The Hall–Kier alpha value is -2.86. The van der Waals surface area contributed by atoms with Gasteiger partial charge >= 0.3 is 5.97 Å². The molecule has 0 radical (unpaired) electrons. The zero-order chi connectivity index (χ0) is 19.2. The van der Waals surface area contributed by atoms with Gasteiger partial charge in [-0.25, -0.2) is 4.79 Å². The minimum Gasteiger partial charge on any atom is -0.496 e. The number of amides is 1. The molecule has 3 rings (SSSR count). The average molecular weight is 368 g/mol. The van der Waals surface area contributed by atoms with Crippen LogP contribution >= 0.6 is 0 Å². The number of aromatic carboxylic acids is 1. The number of ether oxygens (including phenoxy) is 1. The molecule has 1 heterocycles. The summed E-state index contributed by atoms with van der Waals surface area (Å²) in [6.07, 6.45) is 0.854. The van der Waals surface area contributed by atoms with E-state index in [1.54, 1.807) is 12.1 Å². The predicted molar refractivity (Wildman–Crippen MR) is 102 cm³/mol. The van der Waals surface area contributed by atoms with Crippen LogP contribution in [-0.2, 0) is 17.8 Å². The summed E-state index contributed by atoms with van der Waals surface area (Å²) >= 11 is 0. The van der Waals surface area contributed by atoms with E-state index in [0.717, 1.165) is 25.1 Å². The van der Waals surface area contributed by atoms with E-state index in [2.05, 4.69) is 17.0 Å². The van der Waals surface area contributed by atoms with Crippen LogP contribution in [0.4, 0.5) is 0 Å². The molecular weight excluding hydrogens is 344 g/mol. The van der Waals surface area contributed by atoms with Crippen molar-refractivity contribution in [3.63, 3.8) is 0 Å². The van der Waals surface area contributed by atoms with Gasteiger partial charge in [0.15, 0.2) is 0 Å². The van der Waals surface area contributed by atoms with Gasteiger partial charge in [-0.15, -0.1) is 0 Å². The van der Waals surface area contributed by atoms with Crippen molar-refractivity contribution < 1.29 is 19.4 Å². The molecule has 0 unspecified atom stereocenters. The van der Waals surface area contributed by atoms with Crippen molar-refractivity contribution in [2.75, 3.05) is 33.3 Å². The lowest BCUT2D eigenvalue weighted by Crippen LogP contribution is -2.50. The Balaban J connectivity index is 1.56. The van der Waals surface area contributed by atoms with Crippen LogP contribution in [0.3, 0.4) is 0 Å². The fraction of sp³-hybridized carbons (Fsp3) is 0.333. The molecular formula is C21H24N2O4. The lowest BCUT2D eigenvalue weighted by atomic mass is 10.1. The maximum Gasteiger partial charge on any atom is 0.339 e. The molecule has 1 N–H and O–H groups in total. The third-order valence-corrected chi connectivity index (χ3v) is 4.81. The molecule has 2 aromatic rings. The van der Waals surface area contributed by atoms with Crippen molar-refractivity contribution in [1.82, 2.24) is 9.80 Å². The molecule has 1 aliphatic heterocycles. The van der Waals surface area contributed by atoms with Gasteiger partial charge in [0.05, 0.1) is 13.7 Å². The van der Waals surface area contributed by atoms with Crippen molar-refractivity contribution >= 4 is 11.9 Å². The van der Waals surface area contributed by atoms with Crippen LogP contribution in [-0.4, -0.2) is 60.1 Å².